The Bertz CT molecular complexity index is 613. The molecule has 0 spiro atoms. The summed E-state index contributed by atoms with van der Waals surface area (Å²) in [5, 5.41) is 8.81. The van der Waals surface area contributed by atoms with E-state index in [0.717, 1.165) is 18.4 Å². The summed E-state index contributed by atoms with van der Waals surface area (Å²) < 4.78 is 13.6. The van der Waals surface area contributed by atoms with Crippen LogP contribution < -0.4 is 16.0 Å². The summed E-state index contributed by atoms with van der Waals surface area (Å²) in [6, 6.07) is 5.75. The summed E-state index contributed by atoms with van der Waals surface area (Å²) in [5.74, 6) is -0.649. The molecule has 3 N–H and O–H groups in total. The zero-order chi connectivity index (χ0) is 18.4. The summed E-state index contributed by atoms with van der Waals surface area (Å²) in [6.45, 7) is 6.84. The van der Waals surface area contributed by atoms with Gasteiger partial charge < -0.3 is 16.0 Å². The lowest BCUT2D eigenvalue weighted by Gasteiger charge is -2.32. The van der Waals surface area contributed by atoms with Gasteiger partial charge in [0.2, 0.25) is 11.8 Å². The smallest absolute Gasteiger partial charge is 0.242 e. The molecule has 0 aromatic heterocycles. The lowest BCUT2D eigenvalue weighted by Crippen LogP contribution is -2.49. The van der Waals surface area contributed by atoms with Crippen LogP contribution in [0.1, 0.15) is 51.6 Å². The van der Waals surface area contributed by atoms with Crippen molar-refractivity contribution in [1.82, 2.24) is 16.0 Å². The van der Waals surface area contributed by atoms with Gasteiger partial charge in [-0.2, -0.15) is 0 Å². The van der Waals surface area contributed by atoms with E-state index in [9.17, 15) is 14.0 Å². The molecule has 1 saturated heterocycles. The van der Waals surface area contributed by atoms with Crippen LogP contribution in [0.25, 0.3) is 0 Å². The summed E-state index contributed by atoms with van der Waals surface area (Å²) in [4.78, 5) is 24.2. The van der Waals surface area contributed by atoms with Crippen molar-refractivity contribution in [2.45, 2.75) is 52.1 Å². The first kappa shape index (κ1) is 19.4. The minimum Gasteiger partial charge on any atom is -0.354 e. The molecule has 0 unspecified atom stereocenters. The quantitative estimate of drug-likeness (QED) is 0.764. The highest BCUT2D eigenvalue weighted by Gasteiger charge is 2.28. The third-order valence-corrected chi connectivity index (χ3v) is 4.39. The molecule has 5 nitrogen and oxygen atoms in total. The van der Waals surface area contributed by atoms with Gasteiger partial charge in [-0.25, -0.2) is 4.39 Å². The topological polar surface area (TPSA) is 70.2 Å². The van der Waals surface area contributed by atoms with Gasteiger partial charge in [0.1, 0.15) is 11.9 Å². The lowest BCUT2D eigenvalue weighted by molar-refractivity contribution is -0.128. The van der Waals surface area contributed by atoms with Crippen LogP contribution in [-0.4, -0.2) is 30.9 Å². The molecular formula is C19H28FN3O2. The predicted octanol–water partition coefficient (Wildman–Crippen LogP) is 2.29. The molecule has 25 heavy (non-hydrogen) atoms. The van der Waals surface area contributed by atoms with Crippen molar-refractivity contribution in [2.24, 2.45) is 5.41 Å². The van der Waals surface area contributed by atoms with Crippen LogP contribution in [0.2, 0.25) is 0 Å². The molecule has 1 aromatic carbocycles. The third-order valence-electron chi connectivity index (χ3n) is 4.39. The van der Waals surface area contributed by atoms with Crippen LogP contribution in [0.3, 0.4) is 0 Å². The molecule has 0 radical (unpaired) electrons. The van der Waals surface area contributed by atoms with Crippen molar-refractivity contribution in [3.05, 3.63) is 35.6 Å². The summed E-state index contributed by atoms with van der Waals surface area (Å²) >= 11 is 0. The number of benzene rings is 1. The van der Waals surface area contributed by atoms with E-state index in [1.807, 2.05) is 26.8 Å². The molecule has 0 bridgehead atoms. The minimum absolute atomic E-state index is 0.0717. The molecule has 2 rings (SSSR count). The fourth-order valence-electron chi connectivity index (χ4n) is 3.13. The van der Waals surface area contributed by atoms with Gasteiger partial charge in [0.05, 0.1) is 6.54 Å². The Kier molecular flexibility index (Phi) is 6.53. The molecule has 6 heteroatoms. The zero-order valence-corrected chi connectivity index (χ0v) is 15.2. The van der Waals surface area contributed by atoms with E-state index < -0.39 is 6.04 Å². The Morgan fingerprint density at radius 2 is 2.12 bits per heavy atom. The summed E-state index contributed by atoms with van der Waals surface area (Å²) in [7, 11) is 0. The van der Waals surface area contributed by atoms with Crippen LogP contribution >= 0.6 is 0 Å². The molecule has 1 aliphatic rings. The molecule has 1 fully saturated rings. The van der Waals surface area contributed by atoms with Crippen molar-refractivity contribution < 1.29 is 14.0 Å². The molecule has 0 aliphatic carbocycles. The van der Waals surface area contributed by atoms with Gasteiger partial charge in [-0.3, -0.25) is 9.59 Å². The second-order valence-corrected chi connectivity index (χ2v) is 7.64. The Morgan fingerprint density at radius 3 is 2.80 bits per heavy atom. The van der Waals surface area contributed by atoms with Gasteiger partial charge >= 0.3 is 0 Å². The van der Waals surface area contributed by atoms with Gasteiger partial charge in [0.25, 0.3) is 0 Å². The predicted molar refractivity (Wildman–Crippen MR) is 95.4 cm³/mol. The van der Waals surface area contributed by atoms with Crippen LogP contribution in [0.5, 0.6) is 0 Å². The largest absolute Gasteiger partial charge is 0.354 e. The molecule has 138 valence electrons. The highest BCUT2D eigenvalue weighted by molar-refractivity contribution is 5.88. The average Bonchev–Trinajstić information content (AvgIpc) is 2.71. The number of carbonyl (C=O) groups is 2. The molecule has 0 saturated carbocycles. The van der Waals surface area contributed by atoms with E-state index in [-0.39, 0.29) is 35.6 Å². The van der Waals surface area contributed by atoms with E-state index >= 15 is 0 Å². The Hall–Kier alpha value is -1.95. The number of halogens is 1. The standard InChI is InChI=1S/C19H28FN3O2/c1-19(2,3)17(13-7-6-8-14(20)11-13)22-12-16(24)23-15-9-4-5-10-21-18(15)25/h6-8,11,15,17,22H,4-5,9-10,12H2,1-3H3,(H,21,25)(H,23,24)/t15-,17+/m0/s1. The fourth-order valence-corrected chi connectivity index (χ4v) is 3.13. The number of nitrogens with one attached hydrogen (secondary N) is 3. The number of rotatable bonds is 5. The first-order chi connectivity index (χ1) is 11.8. The number of hydrogen-bond acceptors (Lipinski definition) is 3. The van der Waals surface area contributed by atoms with Crippen molar-refractivity contribution in [3.8, 4) is 0 Å². The van der Waals surface area contributed by atoms with Crippen molar-refractivity contribution in [3.63, 3.8) is 0 Å². The Labute approximate surface area is 148 Å². The number of amides is 2. The average molecular weight is 349 g/mol. The summed E-state index contributed by atoms with van der Waals surface area (Å²) in [6.07, 6.45) is 2.50. The highest BCUT2D eigenvalue weighted by atomic mass is 19.1. The van der Waals surface area contributed by atoms with E-state index in [1.165, 1.54) is 12.1 Å². The van der Waals surface area contributed by atoms with E-state index in [0.29, 0.717) is 13.0 Å². The molecule has 1 aliphatic heterocycles. The number of carbonyl (C=O) groups excluding carboxylic acids is 2. The van der Waals surface area contributed by atoms with Gasteiger partial charge in [-0.1, -0.05) is 32.9 Å². The van der Waals surface area contributed by atoms with Crippen molar-refractivity contribution >= 4 is 11.8 Å². The number of hydrogen-bond donors (Lipinski definition) is 3. The molecule has 2 atom stereocenters. The molecule has 1 aromatic rings. The first-order valence-corrected chi connectivity index (χ1v) is 8.83. The Morgan fingerprint density at radius 1 is 1.36 bits per heavy atom. The molecule has 2 amide bonds. The molecule has 1 heterocycles. The van der Waals surface area contributed by atoms with Gasteiger partial charge in [0.15, 0.2) is 0 Å². The second kappa shape index (κ2) is 8.43. The van der Waals surface area contributed by atoms with Crippen molar-refractivity contribution in [1.29, 1.82) is 0 Å². The monoisotopic (exact) mass is 349 g/mol. The van der Waals surface area contributed by atoms with Crippen molar-refractivity contribution in [2.75, 3.05) is 13.1 Å². The van der Waals surface area contributed by atoms with Crippen LogP contribution in [0.4, 0.5) is 4.39 Å². The zero-order valence-electron chi connectivity index (χ0n) is 15.2. The first-order valence-electron chi connectivity index (χ1n) is 8.83. The summed E-state index contributed by atoms with van der Waals surface area (Å²) in [5.41, 5.74) is 0.598. The maximum absolute atomic E-state index is 13.6. The highest BCUT2D eigenvalue weighted by Crippen LogP contribution is 2.32. The lowest BCUT2D eigenvalue weighted by atomic mass is 9.82. The van der Waals surface area contributed by atoms with E-state index in [4.69, 9.17) is 0 Å². The third kappa shape index (κ3) is 5.81. The SMILES string of the molecule is CC(C)(C)[C@H](NCC(=O)N[C@H]1CCCCNC1=O)c1cccc(F)c1. The minimum atomic E-state index is -0.473. The van der Waals surface area contributed by atoms with Gasteiger partial charge in [-0.05, 0) is 42.4 Å². The maximum atomic E-state index is 13.6. The Balaban J connectivity index is 1.98. The van der Waals surface area contributed by atoms with Gasteiger partial charge in [-0.15, -0.1) is 0 Å². The normalized spacial score (nSPS) is 19.7. The second-order valence-electron chi connectivity index (χ2n) is 7.64. The fraction of sp³-hybridized carbons (Fsp3) is 0.579. The van der Waals surface area contributed by atoms with Crippen LogP contribution in [0, 0.1) is 11.2 Å². The van der Waals surface area contributed by atoms with Gasteiger partial charge in [0, 0.05) is 12.6 Å². The van der Waals surface area contributed by atoms with Crippen LogP contribution in [0.15, 0.2) is 24.3 Å². The maximum Gasteiger partial charge on any atom is 0.242 e. The molecular weight excluding hydrogens is 321 g/mol. The van der Waals surface area contributed by atoms with E-state index in [2.05, 4.69) is 16.0 Å². The van der Waals surface area contributed by atoms with E-state index in [1.54, 1.807) is 6.07 Å². The van der Waals surface area contributed by atoms with Crippen LogP contribution in [-0.2, 0) is 9.59 Å².